The molecule has 0 unspecified atom stereocenters. The average Bonchev–Trinajstić information content (AvgIpc) is 2.17. The van der Waals surface area contributed by atoms with Gasteiger partial charge in [-0.15, -0.1) is 0 Å². The van der Waals surface area contributed by atoms with Crippen LogP contribution < -0.4 is 0 Å². The molecule has 0 saturated carbocycles. The number of hydrogen-bond acceptors (Lipinski definition) is 4. The SMILES string of the molecule is COCO.Cc1ccccc1S(=O)(=O)Cl.F.F.F. The maximum atomic E-state index is 10.8. The Balaban J connectivity index is -0.000000125. The molecule has 1 rings (SSSR count). The fraction of sp³-hybridized carbons (Fsp3) is 0.333. The van der Waals surface area contributed by atoms with Crippen LogP contribution >= 0.6 is 10.7 Å². The summed E-state index contributed by atoms with van der Waals surface area (Å²) in [6, 6.07) is 6.59. The largest absolute Gasteiger partial charge is 0.371 e. The highest BCUT2D eigenvalue weighted by Gasteiger charge is 2.10. The van der Waals surface area contributed by atoms with Crippen LogP contribution in [-0.2, 0) is 13.8 Å². The van der Waals surface area contributed by atoms with Crippen LogP contribution in [0.5, 0.6) is 0 Å². The first-order chi connectivity index (χ1) is 6.93. The third-order valence-electron chi connectivity index (χ3n) is 1.49. The minimum absolute atomic E-state index is 0. The highest BCUT2D eigenvalue weighted by Crippen LogP contribution is 2.17. The van der Waals surface area contributed by atoms with Crippen LogP contribution in [0.1, 0.15) is 5.56 Å². The Morgan fingerprint density at radius 3 is 1.83 bits per heavy atom. The molecular weight excluding hydrogens is 297 g/mol. The van der Waals surface area contributed by atoms with Crippen molar-refractivity contribution in [2.45, 2.75) is 11.8 Å². The van der Waals surface area contributed by atoms with E-state index in [4.69, 9.17) is 15.8 Å². The number of aliphatic hydroxyl groups excluding tert-OH is 1. The van der Waals surface area contributed by atoms with E-state index in [0.717, 1.165) is 0 Å². The molecule has 110 valence electrons. The second kappa shape index (κ2) is 12.6. The molecule has 0 aliphatic heterocycles. The lowest BCUT2D eigenvalue weighted by Crippen LogP contribution is -1.92. The van der Waals surface area contributed by atoms with Crippen molar-refractivity contribution in [1.82, 2.24) is 0 Å². The minimum atomic E-state index is -3.56. The molecule has 0 fully saturated rings. The van der Waals surface area contributed by atoms with Crippen LogP contribution in [0.25, 0.3) is 0 Å². The van der Waals surface area contributed by atoms with E-state index in [2.05, 4.69) is 4.74 Å². The molecule has 4 nitrogen and oxygen atoms in total. The number of hydrogen-bond donors (Lipinski definition) is 1. The van der Waals surface area contributed by atoms with E-state index < -0.39 is 9.05 Å². The second-order valence-electron chi connectivity index (χ2n) is 2.62. The van der Waals surface area contributed by atoms with Gasteiger partial charge in [-0.3, -0.25) is 14.1 Å². The molecule has 0 aromatic heterocycles. The monoisotopic (exact) mass is 312 g/mol. The van der Waals surface area contributed by atoms with Gasteiger partial charge in [0.15, 0.2) is 0 Å². The predicted octanol–water partition coefficient (Wildman–Crippen LogP) is 1.96. The Labute approximate surface area is 108 Å². The van der Waals surface area contributed by atoms with Crippen molar-refractivity contribution in [3.63, 3.8) is 0 Å². The van der Waals surface area contributed by atoms with Crippen molar-refractivity contribution in [1.29, 1.82) is 0 Å². The molecule has 0 saturated heterocycles. The number of halogens is 4. The van der Waals surface area contributed by atoms with Gasteiger partial charge in [0, 0.05) is 17.8 Å². The van der Waals surface area contributed by atoms with Crippen LogP contribution in [0.3, 0.4) is 0 Å². The van der Waals surface area contributed by atoms with E-state index >= 15 is 0 Å². The summed E-state index contributed by atoms with van der Waals surface area (Å²) in [6.07, 6.45) is 0. The van der Waals surface area contributed by atoms with Gasteiger partial charge in [-0.05, 0) is 18.6 Å². The quantitative estimate of drug-likeness (QED) is 0.670. The Kier molecular flexibility index (Phi) is 18.2. The van der Waals surface area contributed by atoms with E-state index in [1.54, 1.807) is 25.1 Å². The van der Waals surface area contributed by atoms with Gasteiger partial charge in [0.25, 0.3) is 9.05 Å². The standard InChI is InChI=1S/C7H7ClO2S.C2H6O2.3FH/c1-6-4-2-3-5-7(6)11(8,9)10;1-4-2-3;;;/h2-5H,1H3;3H,2H2,1H3;3*1H. The molecule has 0 radical (unpaired) electrons. The lowest BCUT2D eigenvalue weighted by Gasteiger charge is -1.98. The molecule has 0 aliphatic carbocycles. The molecule has 1 aromatic rings. The number of rotatable bonds is 2. The van der Waals surface area contributed by atoms with Crippen molar-refractivity contribution in [2.24, 2.45) is 0 Å². The number of aliphatic hydroxyl groups is 1. The lowest BCUT2D eigenvalue weighted by atomic mass is 10.2. The molecule has 0 amide bonds. The molecular formula is C9H16ClF3O4S. The first-order valence-corrected chi connectivity index (χ1v) is 6.34. The van der Waals surface area contributed by atoms with Crippen molar-refractivity contribution in [2.75, 3.05) is 13.9 Å². The maximum absolute atomic E-state index is 10.8. The van der Waals surface area contributed by atoms with Crippen LogP contribution in [0.15, 0.2) is 29.2 Å². The third kappa shape index (κ3) is 10.3. The summed E-state index contributed by atoms with van der Waals surface area (Å²) in [4.78, 5) is 0.182. The smallest absolute Gasteiger partial charge is 0.261 e. The van der Waals surface area contributed by atoms with E-state index in [9.17, 15) is 8.42 Å². The number of ether oxygens (including phenoxy) is 1. The molecule has 9 heteroatoms. The zero-order chi connectivity index (χ0) is 11.9. The molecule has 0 heterocycles. The van der Waals surface area contributed by atoms with Crippen molar-refractivity contribution >= 4 is 19.7 Å². The maximum Gasteiger partial charge on any atom is 0.261 e. The molecule has 1 N–H and O–H groups in total. The lowest BCUT2D eigenvalue weighted by molar-refractivity contribution is 0.0325. The second-order valence-corrected chi connectivity index (χ2v) is 5.16. The van der Waals surface area contributed by atoms with Gasteiger partial charge < -0.3 is 9.84 Å². The molecule has 1 aromatic carbocycles. The van der Waals surface area contributed by atoms with Gasteiger partial charge in [-0.1, -0.05) is 18.2 Å². The van der Waals surface area contributed by atoms with Gasteiger partial charge in [0.2, 0.25) is 0 Å². The van der Waals surface area contributed by atoms with Crippen LogP contribution in [0.2, 0.25) is 0 Å². The van der Waals surface area contributed by atoms with Gasteiger partial charge in [-0.25, -0.2) is 8.42 Å². The average molecular weight is 313 g/mol. The van der Waals surface area contributed by atoms with Gasteiger partial charge in [0.05, 0.1) is 4.90 Å². The minimum Gasteiger partial charge on any atom is -0.371 e. The number of aryl methyl sites for hydroxylation is 1. The summed E-state index contributed by atoms with van der Waals surface area (Å²) in [7, 11) is 3.01. The first-order valence-electron chi connectivity index (χ1n) is 4.03. The summed E-state index contributed by atoms with van der Waals surface area (Å²) >= 11 is 0. The van der Waals surface area contributed by atoms with E-state index in [1.165, 1.54) is 13.2 Å². The highest BCUT2D eigenvalue weighted by atomic mass is 35.7. The van der Waals surface area contributed by atoms with Crippen molar-refractivity contribution in [3.05, 3.63) is 29.8 Å². The summed E-state index contributed by atoms with van der Waals surface area (Å²) < 4.78 is 25.7. The van der Waals surface area contributed by atoms with Crippen molar-refractivity contribution in [3.8, 4) is 0 Å². The number of methoxy groups -OCH3 is 1. The fourth-order valence-electron chi connectivity index (χ4n) is 0.830. The molecule has 0 atom stereocenters. The highest BCUT2D eigenvalue weighted by molar-refractivity contribution is 8.13. The Morgan fingerprint density at radius 1 is 1.22 bits per heavy atom. The van der Waals surface area contributed by atoms with Crippen LogP contribution in [0, 0.1) is 6.92 Å². The summed E-state index contributed by atoms with van der Waals surface area (Å²) in [6.45, 7) is 1.52. The van der Waals surface area contributed by atoms with Gasteiger partial charge >= 0.3 is 0 Å². The Morgan fingerprint density at radius 2 is 1.61 bits per heavy atom. The molecule has 0 aliphatic rings. The zero-order valence-corrected chi connectivity index (χ0v) is 11.3. The normalized spacial score (nSPS) is 8.67. The summed E-state index contributed by atoms with van der Waals surface area (Å²) in [5.41, 5.74) is 0.669. The summed E-state index contributed by atoms with van der Waals surface area (Å²) in [5.74, 6) is 0. The fourth-order valence-corrected chi connectivity index (χ4v) is 2.04. The molecule has 18 heavy (non-hydrogen) atoms. The molecule has 0 spiro atoms. The predicted molar refractivity (Wildman–Crippen MR) is 65.8 cm³/mol. The van der Waals surface area contributed by atoms with Crippen molar-refractivity contribution < 1.29 is 32.4 Å². The van der Waals surface area contributed by atoms with Gasteiger partial charge in [0.1, 0.15) is 6.79 Å². The Bertz CT molecular complexity index is 399. The van der Waals surface area contributed by atoms with Gasteiger partial charge in [-0.2, -0.15) is 0 Å². The zero-order valence-electron chi connectivity index (χ0n) is 9.70. The van der Waals surface area contributed by atoms with Crippen LogP contribution in [-0.4, -0.2) is 27.4 Å². The topological polar surface area (TPSA) is 63.6 Å². The van der Waals surface area contributed by atoms with Crippen LogP contribution in [0.4, 0.5) is 14.1 Å². The Hall–Kier alpha value is -0.830. The summed E-state index contributed by atoms with van der Waals surface area (Å²) in [5, 5.41) is 7.65. The van der Waals surface area contributed by atoms with E-state index in [0.29, 0.717) is 5.56 Å². The molecule has 0 bridgehead atoms. The van der Waals surface area contributed by atoms with E-state index in [-0.39, 0.29) is 25.8 Å². The third-order valence-corrected chi connectivity index (χ3v) is 2.97. The number of benzene rings is 1. The van der Waals surface area contributed by atoms with E-state index in [1.807, 2.05) is 0 Å². The first kappa shape index (κ1) is 25.9.